The average Bonchev–Trinajstić information content (AvgIpc) is 3.19. The van der Waals surface area contributed by atoms with Gasteiger partial charge in [0.1, 0.15) is 11.9 Å². The molecule has 1 aromatic carbocycles. The summed E-state index contributed by atoms with van der Waals surface area (Å²) in [6.07, 6.45) is 4.39. The third kappa shape index (κ3) is 3.10. The molecule has 0 spiro atoms. The van der Waals surface area contributed by atoms with Crippen molar-refractivity contribution in [1.82, 2.24) is 0 Å². The van der Waals surface area contributed by atoms with Crippen LogP contribution in [0.15, 0.2) is 21.9 Å². The van der Waals surface area contributed by atoms with E-state index in [1.807, 2.05) is 0 Å². The van der Waals surface area contributed by atoms with E-state index < -0.39 is 0 Å². The fourth-order valence-electron chi connectivity index (χ4n) is 1.59. The smallest absolute Gasteiger partial charge is 0.188 e. The van der Waals surface area contributed by atoms with Crippen LogP contribution in [0.4, 0.5) is 0 Å². The Hall–Kier alpha value is -0.360. The van der Waals surface area contributed by atoms with E-state index in [0.29, 0.717) is 0 Å². The van der Waals surface area contributed by atoms with Crippen LogP contribution in [0, 0.1) is 0 Å². The van der Waals surface area contributed by atoms with E-state index in [1.165, 1.54) is 5.56 Å². The Kier molecular flexibility index (Phi) is 4.62. The second-order valence-electron chi connectivity index (χ2n) is 3.63. The maximum Gasteiger partial charge on any atom is 0.188 e. The van der Waals surface area contributed by atoms with Gasteiger partial charge in [0.05, 0.1) is 16.4 Å². The highest BCUT2D eigenvalue weighted by atomic mass is 32.2. The number of rotatable bonds is 6. The van der Waals surface area contributed by atoms with Crippen LogP contribution in [0.3, 0.4) is 0 Å². The van der Waals surface area contributed by atoms with Gasteiger partial charge in [-0.15, -0.1) is 23.5 Å². The molecule has 5 heteroatoms. The zero-order valence-electron chi connectivity index (χ0n) is 10.2. The molecule has 0 aromatic heterocycles. The molecule has 1 aromatic rings. The van der Waals surface area contributed by atoms with Gasteiger partial charge in [0.2, 0.25) is 0 Å². The van der Waals surface area contributed by atoms with Gasteiger partial charge >= 0.3 is 0 Å². The molecule has 1 aliphatic heterocycles. The molecule has 1 fully saturated rings. The molecule has 0 bridgehead atoms. The van der Waals surface area contributed by atoms with E-state index in [2.05, 4.69) is 24.6 Å². The molecular formula is C12H16O3S2. The molecule has 1 unspecified atom stereocenters. The van der Waals surface area contributed by atoms with Crippen molar-refractivity contribution in [1.29, 1.82) is 0 Å². The molecule has 0 aliphatic carbocycles. The van der Waals surface area contributed by atoms with Crippen molar-refractivity contribution in [2.45, 2.75) is 15.9 Å². The van der Waals surface area contributed by atoms with Crippen molar-refractivity contribution in [3.63, 3.8) is 0 Å². The molecule has 1 heterocycles. The van der Waals surface area contributed by atoms with E-state index in [-0.39, 0.29) is 12.9 Å². The van der Waals surface area contributed by atoms with Gasteiger partial charge in [-0.2, -0.15) is 0 Å². The number of hydrogen-bond acceptors (Lipinski definition) is 5. The summed E-state index contributed by atoms with van der Waals surface area (Å²) in [7, 11) is 1.63. The summed E-state index contributed by atoms with van der Waals surface area (Å²) in [5.74, 6) is 0.913. The Morgan fingerprint density at radius 3 is 2.29 bits per heavy atom. The molecule has 1 atom stereocenters. The summed E-state index contributed by atoms with van der Waals surface area (Å²) < 4.78 is 15.9. The number of methoxy groups -OCH3 is 1. The van der Waals surface area contributed by atoms with Gasteiger partial charge < -0.3 is 14.2 Å². The van der Waals surface area contributed by atoms with Gasteiger partial charge in [0.15, 0.2) is 6.79 Å². The monoisotopic (exact) mass is 272 g/mol. The number of thioether (sulfide) groups is 2. The summed E-state index contributed by atoms with van der Waals surface area (Å²) in [5.41, 5.74) is 1.24. The highest BCUT2D eigenvalue weighted by molar-refractivity contribution is 7.99. The summed E-state index contributed by atoms with van der Waals surface area (Å²) >= 11 is 3.37. The summed E-state index contributed by atoms with van der Waals surface area (Å²) in [6, 6.07) is 4.29. The van der Waals surface area contributed by atoms with Crippen LogP contribution in [0.1, 0.15) is 11.7 Å². The topological polar surface area (TPSA) is 31.0 Å². The second kappa shape index (κ2) is 6.00. The van der Waals surface area contributed by atoms with Crippen molar-refractivity contribution < 1.29 is 14.2 Å². The third-order valence-electron chi connectivity index (χ3n) is 2.51. The van der Waals surface area contributed by atoms with Crippen LogP contribution in [0.25, 0.3) is 0 Å². The van der Waals surface area contributed by atoms with Crippen molar-refractivity contribution in [2.24, 2.45) is 0 Å². The highest BCUT2D eigenvalue weighted by Gasteiger charge is 2.27. The average molecular weight is 272 g/mol. The molecule has 1 aliphatic rings. The maximum absolute atomic E-state index is 5.65. The Morgan fingerprint density at radius 1 is 1.29 bits per heavy atom. The Morgan fingerprint density at radius 2 is 1.88 bits per heavy atom. The lowest BCUT2D eigenvalue weighted by atomic mass is 10.1. The first kappa shape index (κ1) is 13.1. The van der Waals surface area contributed by atoms with Gasteiger partial charge in [0, 0.05) is 7.11 Å². The van der Waals surface area contributed by atoms with Crippen molar-refractivity contribution in [2.75, 3.05) is 33.0 Å². The van der Waals surface area contributed by atoms with Gasteiger partial charge in [-0.05, 0) is 30.2 Å². The fraction of sp³-hybridized carbons (Fsp3) is 0.500. The Balaban J connectivity index is 2.32. The third-order valence-corrected chi connectivity index (χ3v) is 4.00. The lowest BCUT2D eigenvalue weighted by molar-refractivity contribution is 0.0470. The molecule has 17 heavy (non-hydrogen) atoms. The molecular weight excluding hydrogens is 256 g/mol. The highest BCUT2D eigenvalue weighted by Crippen LogP contribution is 2.42. The van der Waals surface area contributed by atoms with Gasteiger partial charge in [-0.25, -0.2) is 0 Å². The zero-order chi connectivity index (χ0) is 12.3. The van der Waals surface area contributed by atoms with Crippen molar-refractivity contribution in [3.05, 3.63) is 17.7 Å². The number of hydrogen-bond donors (Lipinski definition) is 0. The van der Waals surface area contributed by atoms with Crippen LogP contribution >= 0.6 is 23.5 Å². The molecule has 0 radical (unpaired) electrons. The predicted octanol–water partition coefficient (Wildman–Crippen LogP) is 3.18. The van der Waals surface area contributed by atoms with E-state index in [9.17, 15) is 0 Å². The first-order valence-electron chi connectivity index (χ1n) is 5.29. The quantitative estimate of drug-likeness (QED) is 0.451. The van der Waals surface area contributed by atoms with E-state index in [4.69, 9.17) is 14.2 Å². The zero-order valence-corrected chi connectivity index (χ0v) is 11.8. The number of epoxide rings is 1. The summed E-state index contributed by atoms with van der Waals surface area (Å²) in [6.45, 7) is 1.11. The number of benzene rings is 1. The van der Waals surface area contributed by atoms with Crippen LogP contribution in [0.2, 0.25) is 0 Å². The number of ether oxygens (including phenoxy) is 3. The van der Waals surface area contributed by atoms with Gasteiger partial charge in [-0.1, -0.05) is 0 Å². The first-order valence-corrected chi connectivity index (χ1v) is 7.74. The first-order chi connectivity index (χ1) is 8.30. The minimum absolute atomic E-state index is 0.278. The fourth-order valence-corrected chi connectivity index (χ4v) is 2.87. The maximum atomic E-state index is 5.65. The van der Waals surface area contributed by atoms with Crippen LogP contribution < -0.4 is 4.74 Å². The summed E-state index contributed by atoms with van der Waals surface area (Å²) in [5, 5.41) is 0. The molecule has 0 saturated carbocycles. The Bertz CT molecular complexity index is 366. The van der Waals surface area contributed by atoms with Crippen LogP contribution in [-0.2, 0) is 9.47 Å². The van der Waals surface area contributed by atoms with Crippen molar-refractivity contribution >= 4 is 23.5 Å². The van der Waals surface area contributed by atoms with Crippen molar-refractivity contribution in [3.8, 4) is 5.75 Å². The summed E-state index contributed by atoms with van der Waals surface area (Å²) in [4.78, 5) is 2.28. The molecule has 3 nitrogen and oxygen atoms in total. The van der Waals surface area contributed by atoms with E-state index in [1.54, 1.807) is 30.6 Å². The minimum atomic E-state index is 0.278. The molecule has 2 rings (SSSR count). The minimum Gasteiger partial charge on any atom is -0.465 e. The normalized spacial score (nSPS) is 18.2. The second-order valence-corrected chi connectivity index (χ2v) is 5.32. The molecule has 0 amide bonds. The van der Waals surface area contributed by atoms with E-state index >= 15 is 0 Å². The Labute approximate surface area is 110 Å². The SMILES string of the molecule is COCOc1c(SC)cc(C2CO2)cc1SC. The standard InChI is InChI=1S/C12H16O3S2/c1-13-7-15-12-10(16-2)4-8(9-6-14-9)5-11(12)17-3/h4-5,9H,6-7H2,1-3H3. The molecule has 0 N–H and O–H groups in total. The lowest BCUT2D eigenvalue weighted by Gasteiger charge is -2.14. The van der Waals surface area contributed by atoms with Gasteiger partial charge in [0.25, 0.3) is 0 Å². The molecule has 94 valence electrons. The predicted molar refractivity (Wildman–Crippen MR) is 71.2 cm³/mol. The molecule has 1 saturated heterocycles. The van der Waals surface area contributed by atoms with E-state index in [0.717, 1.165) is 22.1 Å². The lowest BCUT2D eigenvalue weighted by Crippen LogP contribution is -2.02. The van der Waals surface area contributed by atoms with Gasteiger partial charge in [-0.3, -0.25) is 0 Å². The van der Waals surface area contributed by atoms with Crippen LogP contribution in [0.5, 0.6) is 5.75 Å². The van der Waals surface area contributed by atoms with Crippen LogP contribution in [-0.4, -0.2) is 33.0 Å². The largest absolute Gasteiger partial charge is 0.465 e.